The second-order valence-electron chi connectivity index (χ2n) is 4.88. The summed E-state index contributed by atoms with van der Waals surface area (Å²) in [5.74, 6) is 2.38. The molecule has 0 spiro atoms. The van der Waals surface area contributed by atoms with Crippen molar-refractivity contribution in [3.8, 4) is 11.5 Å². The molecule has 1 aromatic carbocycles. The van der Waals surface area contributed by atoms with Crippen LogP contribution in [0.2, 0.25) is 0 Å². The normalized spacial score (nSPS) is 12.6. The molecule has 124 valence electrons. The molecule has 1 aromatic rings. The smallest absolute Gasteiger partial charge is 0.191 e. The maximum Gasteiger partial charge on any atom is 0.191 e. The van der Waals surface area contributed by atoms with E-state index in [0.717, 1.165) is 30.4 Å². The molecule has 0 fully saturated rings. The molecule has 0 radical (unpaired) electrons. The summed E-state index contributed by atoms with van der Waals surface area (Å²) in [5.41, 5.74) is 0. The van der Waals surface area contributed by atoms with Crippen molar-refractivity contribution < 1.29 is 14.2 Å². The molecule has 0 aromatic heterocycles. The second kappa shape index (κ2) is 10.7. The summed E-state index contributed by atoms with van der Waals surface area (Å²) in [6.45, 7) is 4.09. The minimum atomic E-state index is 0.212. The summed E-state index contributed by atoms with van der Waals surface area (Å²) >= 11 is 0. The fraction of sp³-hybridized carbons (Fsp3) is 0.562. The van der Waals surface area contributed by atoms with Crippen LogP contribution in [-0.4, -0.2) is 53.0 Å². The van der Waals surface area contributed by atoms with E-state index >= 15 is 0 Å². The van der Waals surface area contributed by atoms with Gasteiger partial charge in [0.15, 0.2) is 5.96 Å². The molecule has 6 heteroatoms. The molecule has 1 atom stereocenters. The minimum absolute atomic E-state index is 0.212. The SMILES string of the molecule is CN=C(NCCCOc1cccc(OC)c1)NC(C)COC. The Bertz CT molecular complexity index is 452. The molecule has 0 aliphatic heterocycles. The Balaban J connectivity index is 2.21. The number of hydrogen-bond acceptors (Lipinski definition) is 4. The number of benzene rings is 1. The van der Waals surface area contributed by atoms with Crippen LogP contribution in [0, 0.1) is 0 Å². The first-order chi connectivity index (χ1) is 10.7. The highest BCUT2D eigenvalue weighted by Gasteiger charge is 2.04. The Hall–Kier alpha value is -1.95. The molecule has 0 heterocycles. The molecule has 1 unspecified atom stereocenters. The highest BCUT2D eigenvalue weighted by Crippen LogP contribution is 2.18. The van der Waals surface area contributed by atoms with Gasteiger partial charge in [0, 0.05) is 32.8 Å². The molecule has 2 N–H and O–H groups in total. The lowest BCUT2D eigenvalue weighted by molar-refractivity contribution is 0.179. The molecule has 0 amide bonds. The van der Waals surface area contributed by atoms with Crippen molar-refractivity contribution in [2.45, 2.75) is 19.4 Å². The van der Waals surface area contributed by atoms with Gasteiger partial charge >= 0.3 is 0 Å². The summed E-state index contributed by atoms with van der Waals surface area (Å²) in [7, 11) is 5.08. The highest BCUT2D eigenvalue weighted by atomic mass is 16.5. The van der Waals surface area contributed by atoms with Crippen molar-refractivity contribution in [1.29, 1.82) is 0 Å². The van der Waals surface area contributed by atoms with Crippen LogP contribution < -0.4 is 20.1 Å². The van der Waals surface area contributed by atoms with Crippen molar-refractivity contribution in [1.82, 2.24) is 10.6 Å². The quantitative estimate of drug-likeness (QED) is 0.413. The van der Waals surface area contributed by atoms with Crippen molar-refractivity contribution in [2.75, 3.05) is 41.0 Å². The average Bonchev–Trinajstić information content (AvgIpc) is 2.53. The van der Waals surface area contributed by atoms with Gasteiger partial charge in [-0.25, -0.2) is 0 Å². The number of nitrogens with one attached hydrogen (secondary N) is 2. The summed E-state index contributed by atoms with van der Waals surface area (Å²) in [5, 5.41) is 6.49. The monoisotopic (exact) mass is 309 g/mol. The van der Waals surface area contributed by atoms with E-state index in [9.17, 15) is 0 Å². The predicted octanol–water partition coefficient (Wildman–Crippen LogP) is 1.66. The Labute approximate surface area is 132 Å². The van der Waals surface area contributed by atoms with Crippen LogP contribution in [0.5, 0.6) is 11.5 Å². The van der Waals surface area contributed by atoms with E-state index in [1.165, 1.54) is 0 Å². The number of hydrogen-bond donors (Lipinski definition) is 2. The molecule has 0 aliphatic rings. The van der Waals surface area contributed by atoms with Gasteiger partial charge in [0.2, 0.25) is 0 Å². The van der Waals surface area contributed by atoms with Crippen molar-refractivity contribution in [3.05, 3.63) is 24.3 Å². The lowest BCUT2D eigenvalue weighted by Gasteiger charge is -2.17. The Kier molecular flexibility index (Phi) is 8.83. The summed E-state index contributed by atoms with van der Waals surface area (Å²) in [6, 6.07) is 7.81. The highest BCUT2D eigenvalue weighted by molar-refractivity contribution is 5.79. The van der Waals surface area contributed by atoms with Gasteiger partial charge in [0.05, 0.1) is 20.3 Å². The molecular formula is C16H27N3O3. The van der Waals surface area contributed by atoms with Crippen LogP contribution in [0.1, 0.15) is 13.3 Å². The van der Waals surface area contributed by atoms with Crippen LogP contribution in [0.3, 0.4) is 0 Å². The summed E-state index contributed by atoms with van der Waals surface area (Å²) < 4.78 is 15.9. The zero-order chi connectivity index (χ0) is 16.2. The van der Waals surface area contributed by atoms with E-state index in [0.29, 0.717) is 13.2 Å². The third-order valence-electron chi connectivity index (χ3n) is 2.95. The van der Waals surface area contributed by atoms with E-state index in [4.69, 9.17) is 14.2 Å². The first-order valence-electron chi connectivity index (χ1n) is 7.42. The molecule has 22 heavy (non-hydrogen) atoms. The third-order valence-corrected chi connectivity index (χ3v) is 2.95. The van der Waals surface area contributed by atoms with Gasteiger partial charge in [-0.1, -0.05) is 6.07 Å². The van der Waals surface area contributed by atoms with E-state index in [2.05, 4.69) is 15.6 Å². The van der Waals surface area contributed by atoms with Crippen LogP contribution in [-0.2, 0) is 4.74 Å². The Morgan fingerprint density at radius 3 is 2.73 bits per heavy atom. The number of guanidine groups is 1. The molecule has 0 aliphatic carbocycles. The van der Waals surface area contributed by atoms with E-state index in [-0.39, 0.29) is 6.04 Å². The van der Waals surface area contributed by atoms with E-state index < -0.39 is 0 Å². The number of nitrogens with zero attached hydrogens (tertiary/aromatic N) is 1. The van der Waals surface area contributed by atoms with Crippen LogP contribution in [0.15, 0.2) is 29.3 Å². The standard InChI is InChI=1S/C16H27N3O3/c1-13(12-20-3)19-16(17-2)18-9-6-10-22-15-8-5-7-14(11-15)21-4/h5,7-8,11,13H,6,9-10,12H2,1-4H3,(H2,17,18,19). The predicted molar refractivity (Wildman–Crippen MR) is 88.9 cm³/mol. The molecule has 0 saturated carbocycles. The number of rotatable bonds is 9. The maximum atomic E-state index is 5.68. The molecule has 0 saturated heterocycles. The molecule has 6 nitrogen and oxygen atoms in total. The fourth-order valence-corrected chi connectivity index (χ4v) is 1.88. The zero-order valence-electron chi connectivity index (χ0n) is 13.9. The van der Waals surface area contributed by atoms with Gasteiger partial charge in [-0.05, 0) is 25.5 Å². The van der Waals surface area contributed by atoms with Crippen molar-refractivity contribution >= 4 is 5.96 Å². The first-order valence-corrected chi connectivity index (χ1v) is 7.42. The van der Waals surface area contributed by atoms with Gasteiger partial charge in [0.25, 0.3) is 0 Å². The van der Waals surface area contributed by atoms with Gasteiger partial charge in [-0.15, -0.1) is 0 Å². The maximum absolute atomic E-state index is 5.68. The lowest BCUT2D eigenvalue weighted by atomic mass is 10.3. The van der Waals surface area contributed by atoms with E-state index in [1.54, 1.807) is 21.3 Å². The van der Waals surface area contributed by atoms with Gasteiger partial charge < -0.3 is 24.8 Å². The topological polar surface area (TPSA) is 64.1 Å². The number of methoxy groups -OCH3 is 2. The zero-order valence-corrected chi connectivity index (χ0v) is 13.9. The van der Waals surface area contributed by atoms with Gasteiger partial charge in [0.1, 0.15) is 11.5 Å². The average molecular weight is 309 g/mol. The molecular weight excluding hydrogens is 282 g/mol. The third kappa shape index (κ3) is 7.17. The Morgan fingerprint density at radius 2 is 2.05 bits per heavy atom. The van der Waals surface area contributed by atoms with Crippen molar-refractivity contribution in [2.24, 2.45) is 4.99 Å². The molecule has 1 rings (SSSR count). The summed E-state index contributed by atoms with van der Waals surface area (Å²) in [6.07, 6.45) is 0.872. The number of ether oxygens (including phenoxy) is 3. The van der Waals surface area contributed by atoms with Crippen LogP contribution in [0.4, 0.5) is 0 Å². The van der Waals surface area contributed by atoms with Gasteiger partial charge in [-0.2, -0.15) is 0 Å². The lowest BCUT2D eigenvalue weighted by Crippen LogP contribution is -2.44. The van der Waals surface area contributed by atoms with Crippen LogP contribution in [0.25, 0.3) is 0 Å². The Morgan fingerprint density at radius 1 is 1.27 bits per heavy atom. The largest absolute Gasteiger partial charge is 0.497 e. The first kappa shape index (κ1) is 18.1. The second-order valence-corrected chi connectivity index (χ2v) is 4.88. The van der Waals surface area contributed by atoms with Crippen LogP contribution >= 0.6 is 0 Å². The minimum Gasteiger partial charge on any atom is -0.497 e. The molecule has 0 bridgehead atoms. The van der Waals surface area contributed by atoms with Crippen molar-refractivity contribution in [3.63, 3.8) is 0 Å². The fourth-order valence-electron chi connectivity index (χ4n) is 1.88. The van der Waals surface area contributed by atoms with E-state index in [1.807, 2.05) is 31.2 Å². The van der Waals surface area contributed by atoms with Gasteiger partial charge in [-0.3, -0.25) is 4.99 Å². The summed E-state index contributed by atoms with van der Waals surface area (Å²) in [4.78, 5) is 4.17. The number of aliphatic imine (C=N–C) groups is 1.